The largest absolute Gasteiger partial charge is 0.399 e. The minimum absolute atomic E-state index is 0.0330. The molecule has 0 bridgehead atoms. The molecule has 0 fully saturated rings. The third-order valence-corrected chi connectivity index (χ3v) is 2.40. The van der Waals surface area contributed by atoms with Gasteiger partial charge in [-0.2, -0.15) is 0 Å². The van der Waals surface area contributed by atoms with Gasteiger partial charge in [0.25, 0.3) is 0 Å². The summed E-state index contributed by atoms with van der Waals surface area (Å²) in [6.07, 6.45) is 0. The second-order valence-electron chi connectivity index (χ2n) is 4.04. The van der Waals surface area contributed by atoms with Gasteiger partial charge in [-0.05, 0) is 18.1 Å². The van der Waals surface area contributed by atoms with Crippen LogP contribution < -0.4 is 11.1 Å². The number of halogens is 2. The maximum atomic E-state index is 13.4. The zero-order valence-electron chi connectivity index (χ0n) is 9.30. The number of hydrogen-bond acceptors (Lipinski definition) is 3. The lowest BCUT2D eigenvalue weighted by molar-refractivity contribution is 0.248. The molecule has 0 saturated heterocycles. The molecule has 4 N–H and O–H groups in total. The normalized spacial score (nSPS) is 12.9. The number of rotatable bonds is 4. The second kappa shape index (κ2) is 5.12. The Labute approximate surface area is 93.3 Å². The van der Waals surface area contributed by atoms with E-state index in [4.69, 9.17) is 10.8 Å². The zero-order valence-corrected chi connectivity index (χ0v) is 9.30. The molecule has 3 nitrogen and oxygen atoms in total. The highest BCUT2D eigenvalue weighted by atomic mass is 19.1. The highest BCUT2D eigenvalue weighted by Gasteiger charge is 2.17. The molecule has 5 heteroatoms. The summed E-state index contributed by atoms with van der Waals surface area (Å²) < 4.78 is 26.8. The average molecular weight is 230 g/mol. The number of nitrogens with two attached hydrogens (primary N) is 1. The van der Waals surface area contributed by atoms with Gasteiger partial charge in [0, 0.05) is 5.69 Å². The van der Waals surface area contributed by atoms with Crippen molar-refractivity contribution in [3.8, 4) is 0 Å². The molecule has 0 amide bonds. The molecule has 0 aliphatic rings. The number of hydrogen-bond donors (Lipinski definition) is 3. The Morgan fingerprint density at radius 2 is 1.81 bits per heavy atom. The molecule has 0 radical (unpaired) electrons. The Balaban J connectivity index is 2.96. The quantitative estimate of drug-likeness (QED) is 0.693. The van der Waals surface area contributed by atoms with Crippen LogP contribution in [0.15, 0.2) is 12.1 Å². The highest BCUT2D eigenvalue weighted by Crippen LogP contribution is 2.23. The number of benzene rings is 1. The lowest BCUT2D eigenvalue weighted by Gasteiger charge is -2.21. The summed E-state index contributed by atoms with van der Waals surface area (Å²) in [5.41, 5.74) is 5.08. The van der Waals surface area contributed by atoms with E-state index in [1.54, 1.807) is 0 Å². The third-order valence-electron chi connectivity index (χ3n) is 2.40. The Bertz CT molecular complexity index is 346. The zero-order chi connectivity index (χ0) is 12.3. The van der Waals surface area contributed by atoms with Crippen molar-refractivity contribution in [3.63, 3.8) is 0 Å². The molecular weight excluding hydrogens is 214 g/mol. The van der Waals surface area contributed by atoms with Crippen molar-refractivity contribution in [2.24, 2.45) is 5.92 Å². The van der Waals surface area contributed by atoms with Crippen LogP contribution in [-0.4, -0.2) is 17.8 Å². The molecule has 0 heterocycles. The molecule has 90 valence electrons. The smallest absolute Gasteiger partial charge is 0.151 e. The minimum Gasteiger partial charge on any atom is -0.399 e. The molecule has 0 spiro atoms. The maximum absolute atomic E-state index is 13.4. The number of aliphatic hydroxyl groups excluding tert-OH is 1. The first-order valence-electron chi connectivity index (χ1n) is 5.07. The average Bonchev–Trinajstić information content (AvgIpc) is 2.15. The molecule has 1 rings (SSSR count). The fraction of sp³-hybridized carbons (Fsp3) is 0.455. The van der Waals surface area contributed by atoms with Crippen LogP contribution >= 0.6 is 0 Å². The fourth-order valence-electron chi connectivity index (χ4n) is 1.34. The van der Waals surface area contributed by atoms with Crippen LogP contribution in [0, 0.1) is 17.6 Å². The highest BCUT2D eigenvalue weighted by molar-refractivity contribution is 5.54. The molecule has 1 atom stereocenters. The van der Waals surface area contributed by atoms with Gasteiger partial charge in [0.2, 0.25) is 0 Å². The number of nitrogen functional groups attached to an aromatic ring is 1. The van der Waals surface area contributed by atoms with Gasteiger partial charge in [-0.15, -0.1) is 0 Å². The molecule has 16 heavy (non-hydrogen) atoms. The maximum Gasteiger partial charge on any atom is 0.151 e. The molecule has 0 aliphatic heterocycles. The van der Waals surface area contributed by atoms with E-state index in [0.29, 0.717) is 0 Å². The van der Waals surface area contributed by atoms with E-state index in [2.05, 4.69) is 5.32 Å². The van der Waals surface area contributed by atoms with Crippen LogP contribution in [-0.2, 0) is 0 Å². The lowest BCUT2D eigenvalue weighted by Crippen LogP contribution is -2.30. The molecule has 1 aromatic carbocycles. The van der Waals surface area contributed by atoms with Crippen LogP contribution in [0.1, 0.15) is 13.8 Å². The predicted octanol–water partition coefficient (Wildman–Crippen LogP) is 1.98. The van der Waals surface area contributed by atoms with Crippen molar-refractivity contribution in [1.29, 1.82) is 0 Å². The van der Waals surface area contributed by atoms with Gasteiger partial charge in [-0.25, -0.2) is 8.78 Å². The minimum atomic E-state index is -0.753. The van der Waals surface area contributed by atoms with Crippen LogP contribution in [0.3, 0.4) is 0 Å². The van der Waals surface area contributed by atoms with Crippen molar-refractivity contribution in [3.05, 3.63) is 23.8 Å². The van der Waals surface area contributed by atoms with Crippen LogP contribution in [0.2, 0.25) is 0 Å². The van der Waals surface area contributed by atoms with Gasteiger partial charge in [0.15, 0.2) is 11.6 Å². The van der Waals surface area contributed by atoms with E-state index >= 15 is 0 Å². The van der Waals surface area contributed by atoms with Crippen molar-refractivity contribution >= 4 is 11.4 Å². The van der Waals surface area contributed by atoms with Crippen LogP contribution in [0.5, 0.6) is 0 Å². The van der Waals surface area contributed by atoms with Gasteiger partial charge in [0.05, 0.1) is 12.6 Å². The third kappa shape index (κ3) is 2.82. The number of aliphatic hydroxyl groups is 1. The van der Waals surface area contributed by atoms with Crippen molar-refractivity contribution in [1.82, 2.24) is 0 Å². The number of nitrogens with one attached hydrogen (secondary N) is 1. The topological polar surface area (TPSA) is 58.3 Å². The Kier molecular flexibility index (Phi) is 4.06. The van der Waals surface area contributed by atoms with Gasteiger partial charge in [-0.3, -0.25) is 0 Å². The molecule has 0 aliphatic carbocycles. The number of anilines is 2. The second-order valence-corrected chi connectivity index (χ2v) is 4.04. The molecule has 0 unspecified atom stereocenters. The summed E-state index contributed by atoms with van der Waals surface area (Å²) in [7, 11) is 0. The first kappa shape index (κ1) is 12.7. The van der Waals surface area contributed by atoms with E-state index in [1.807, 2.05) is 13.8 Å². The Morgan fingerprint density at radius 1 is 1.31 bits per heavy atom. The lowest BCUT2D eigenvalue weighted by atomic mass is 10.0. The summed E-state index contributed by atoms with van der Waals surface area (Å²) in [5, 5.41) is 11.7. The van der Waals surface area contributed by atoms with Gasteiger partial charge in [-0.1, -0.05) is 13.8 Å². The first-order chi connectivity index (χ1) is 7.45. The monoisotopic (exact) mass is 230 g/mol. The first-order valence-corrected chi connectivity index (χ1v) is 5.07. The SMILES string of the molecule is CC(C)[C@@H](CO)Nc1c(F)cc(N)cc1F. The van der Waals surface area contributed by atoms with Gasteiger partial charge >= 0.3 is 0 Å². The van der Waals surface area contributed by atoms with Crippen molar-refractivity contribution in [2.45, 2.75) is 19.9 Å². The Hall–Kier alpha value is -1.36. The van der Waals surface area contributed by atoms with Gasteiger partial charge in [0.1, 0.15) is 5.69 Å². The summed E-state index contributed by atoms with van der Waals surface area (Å²) in [4.78, 5) is 0. The fourth-order valence-corrected chi connectivity index (χ4v) is 1.34. The van der Waals surface area contributed by atoms with E-state index < -0.39 is 17.7 Å². The standard InChI is InChI=1S/C11H16F2N2O/c1-6(2)10(5-16)15-11-8(12)3-7(14)4-9(11)13/h3-4,6,10,15-16H,5,14H2,1-2H3/t10-/m1/s1. The van der Waals surface area contributed by atoms with Crippen LogP contribution in [0.4, 0.5) is 20.2 Å². The van der Waals surface area contributed by atoms with Crippen molar-refractivity contribution in [2.75, 3.05) is 17.7 Å². The van der Waals surface area contributed by atoms with Gasteiger partial charge < -0.3 is 16.2 Å². The molecule has 1 aromatic rings. The summed E-state index contributed by atoms with van der Waals surface area (Å²) in [6.45, 7) is 3.50. The Morgan fingerprint density at radius 3 is 2.19 bits per heavy atom. The van der Waals surface area contributed by atoms with E-state index in [1.165, 1.54) is 0 Å². The molecule has 0 saturated carbocycles. The van der Waals surface area contributed by atoms with E-state index in [0.717, 1.165) is 12.1 Å². The summed E-state index contributed by atoms with van der Waals surface area (Å²) in [5.74, 6) is -1.45. The molecule has 0 aromatic heterocycles. The van der Waals surface area contributed by atoms with Crippen molar-refractivity contribution < 1.29 is 13.9 Å². The van der Waals surface area contributed by atoms with E-state index in [-0.39, 0.29) is 23.9 Å². The van der Waals surface area contributed by atoms with E-state index in [9.17, 15) is 8.78 Å². The summed E-state index contributed by atoms with van der Waals surface area (Å²) in [6, 6.07) is 1.69. The van der Waals surface area contributed by atoms with Crippen LogP contribution in [0.25, 0.3) is 0 Å². The molecular formula is C11H16F2N2O. The summed E-state index contributed by atoms with van der Waals surface area (Å²) >= 11 is 0. The predicted molar refractivity (Wildman–Crippen MR) is 60.1 cm³/mol.